The topological polar surface area (TPSA) is 40.6 Å². The van der Waals surface area contributed by atoms with Crippen molar-refractivity contribution in [2.45, 2.75) is 20.4 Å². The number of hydrogen-bond donors (Lipinski definition) is 0. The van der Waals surface area contributed by atoms with Crippen LogP contribution in [0, 0.1) is 0 Å². The minimum atomic E-state index is -3.37. The zero-order chi connectivity index (χ0) is 13.8. The summed E-state index contributed by atoms with van der Waals surface area (Å²) in [6.07, 6.45) is 0. The van der Waals surface area contributed by atoms with E-state index < -0.39 is 10.2 Å². The summed E-state index contributed by atoms with van der Waals surface area (Å²) in [4.78, 5) is 0. The first-order valence-electron chi connectivity index (χ1n) is 5.88. The summed E-state index contributed by atoms with van der Waals surface area (Å²) in [5.74, 6) is 0. The Labute approximate surface area is 118 Å². The summed E-state index contributed by atoms with van der Waals surface area (Å²) < 4.78 is 28.2. The molecule has 0 aliphatic rings. The molecule has 0 heterocycles. The van der Waals surface area contributed by atoms with E-state index in [-0.39, 0.29) is 0 Å². The van der Waals surface area contributed by atoms with Gasteiger partial charge in [0.2, 0.25) is 0 Å². The number of benzene rings is 1. The zero-order valence-electron chi connectivity index (χ0n) is 10.9. The van der Waals surface area contributed by atoms with Crippen LogP contribution in [0.25, 0.3) is 0 Å². The zero-order valence-corrected chi connectivity index (χ0v) is 13.3. The molecule has 6 heteroatoms. The lowest BCUT2D eigenvalue weighted by Gasteiger charge is -2.25. The molecule has 0 spiro atoms. The Hall–Kier alpha value is -0.430. The Bertz CT molecular complexity index is 487. The third-order valence-electron chi connectivity index (χ3n) is 2.78. The lowest BCUT2D eigenvalue weighted by Crippen LogP contribution is -2.41. The lowest BCUT2D eigenvalue weighted by molar-refractivity contribution is 0.374. The fourth-order valence-electron chi connectivity index (χ4n) is 1.70. The van der Waals surface area contributed by atoms with Crippen molar-refractivity contribution in [2.75, 3.05) is 20.1 Å². The van der Waals surface area contributed by atoms with E-state index in [1.165, 1.54) is 8.61 Å². The molecular formula is C12H19BrN2O2S. The van der Waals surface area contributed by atoms with Crippen molar-refractivity contribution in [1.82, 2.24) is 8.61 Å². The molecule has 1 aromatic rings. The van der Waals surface area contributed by atoms with Gasteiger partial charge in [-0.05, 0) is 11.6 Å². The van der Waals surface area contributed by atoms with Crippen LogP contribution in [0.3, 0.4) is 0 Å². The normalized spacial score (nSPS) is 12.3. The van der Waals surface area contributed by atoms with Crippen molar-refractivity contribution in [2.24, 2.45) is 0 Å². The van der Waals surface area contributed by atoms with Crippen LogP contribution < -0.4 is 0 Å². The summed E-state index contributed by atoms with van der Waals surface area (Å²) >= 11 is 3.43. The summed E-state index contributed by atoms with van der Waals surface area (Å²) in [7, 11) is -1.77. The third kappa shape index (κ3) is 3.54. The van der Waals surface area contributed by atoms with Crippen molar-refractivity contribution >= 4 is 26.1 Å². The molecule has 0 saturated carbocycles. The first kappa shape index (κ1) is 15.6. The Morgan fingerprint density at radius 2 is 1.72 bits per heavy atom. The largest absolute Gasteiger partial charge is 0.282 e. The number of nitrogens with zero attached hydrogens (tertiary/aromatic N) is 2. The van der Waals surface area contributed by atoms with E-state index in [2.05, 4.69) is 15.9 Å². The first-order chi connectivity index (χ1) is 8.43. The maximum atomic E-state index is 12.2. The van der Waals surface area contributed by atoms with Crippen LogP contribution in [-0.2, 0) is 16.8 Å². The fourth-order valence-corrected chi connectivity index (χ4v) is 3.45. The van der Waals surface area contributed by atoms with Crippen LogP contribution in [0.5, 0.6) is 0 Å². The van der Waals surface area contributed by atoms with Gasteiger partial charge in [-0.15, -0.1) is 0 Å². The van der Waals surface area contributed by atoms with Gasteiger partial charge in [0.15, 0.2) is 0 Å². The summed E-state index contributed by atoms with van der Waals surface area (Å²) in [6, 6.07) is 7.63. The Morgan fingerprint density at radius 1 is 1.17 bits per heavy atom. The quantitative estimate of drug-likeness (QED) is 0.801. The monoisotopic (exact) mass is 334 g/mol. The van der Waals surface area contributed by atoms with E-state index in [1.54, 1.807) is 7.05 Å². The van der Waals surface area contributed by atoms with E-state index in [0.717, 1.165) is 10.0 Å². The van der Waals surface area contributed by atoms with Crippen molar-refractivity contribution < 1.29 is 8.42 Å². The molecule has 0 radical (unpaired) electrons. The first-order valence-corrected chi connectivity index (χ1v) is 8.07. The van der Waals surface area contributed by atoms with Crippen LogP contribution in [-0.4, -0.2) is 37.2 Å². The van der Waals surface area contributed by atoms with Crippen LogP contribution in [0.2, 0.25) is 0 Å². The molecule has 0 unspecified atom stereocenters. The molecule has 0 bridgehead atoms. The van der Waals surface area contributed by atoms with Crippen molar-refractivity contribution in [3.8, 4) is 0 Å². The maximum absolute atomic E-state index is 12.2. The molecule has 1 aromatic carbocycles. The van der Waals surface area contributed by atoms with Gasteiger partial charge in [-0.2, -0.15) is 17.0 Å². The van der Waals surface area contributed by atoms with Crippen LogP contribution in [0.15, 0.2) is 28.7 Å². The highest BCUT2D eigenvalue weighted by Crippen LogP contribution is 2.19. The molecule has 102 valence electrons. The van der Waals surface area contributed by atoms with Gasteiger partial charge < -0.3 is 0 Å². The maximum Gasteiger partial charge on any atom is 0.282 e. The molecule has 0 aliphatic carbocycles. The van der Waals surface area contributed by atoms with Crippen LogP contribution >= 0.6 is 15.9 Å². The average Bonchev–Trinajstić information content (AvgIpc) is 2.33. The Kier molecular flexibility index (Phi) is 5.78. The molecule has 0 atom stereocenters. The SMILES string of the molecule is CCN(CC)S(=O)(=O)N(C)Cc1ccccc1Br. The predicted octanol–water partition coefficient (Wildman–Crippen LogP) is 2.47. The van der Waals surface area contributed by atoms with Gasteiger partial charge in [-0.25, -0.2) is 0 Å². The highest BCUT2D eigenvalue weighted by Gasteiger charge is 2.24. The molecule has 0 saturated heterocycles. The second-order valence-corrected chi connectivity index (χ2v) is 6.83. The van der Waals surface area contributed by atoms with E-state index >= 15 is 0 Å². The molecule has 4 nitrogen and oxygen atoms in total. The average molecular weight is 335 g/mol. The summed E-state index contributed by atoms with van der Waals surface area (Å²) in [6.45, 7) is 5.01. The molecule has 1 rings (SSSR count). The van der Waals surface area contributed by atoms with Gasteiger partial charge >= 0.3 is 0 Å². The van der Waals surface area contributed by atoms with Crippen molar-refractivity contribution in [3.05, 3.63) is 34.3 Å². The molecule has 0 amide bonds. The molecule has 18 heavy (non-hydrogen) atoms. The highest BCUT2D eigenvalue weighted by molar-refractivity contribution is 9.10. The Balaban J connectivity index is 2.89. The van der Waals surface area contributed by atoms with E-state index in [9.17, 15) is 8.42 Å². The minimum Gasteiger partial charge on any atom is -0.195 e. The van der Waals surface area contributed by atoms with E-state index in [1.807, 2.05) is 38.1 Å². The van der Waals surface area contributed by atoms with Gasteiger partial charge in [0, 0.05) is 31.2 Å². The molecular weight excluding hydrogens is 316 g/mol. The van der Waals surface area contributed by atoms with Gasteiger partial charge in [0.25, 0.3) is 10.2 Å². The molecule has 0 fully saturated rings. The number of halogens is 1. The smallest absolute Gasteiger partial charge is 0.195 e. The van der Waals surface area contributed by atoms with Crippen LogP contribution in [0.4, 0.5) is 0 Å². The standard InChI is InChI=1S/C12H19BrN2O2S/c1-4-15(5-2)18(16,17)14(3)10-11-8-6-7-9-12(11)13/h6-9H,4-5,10H2,1-3H3. The van der Waals surface area contributed by atoms with Crippen molar-refractivity contribution in [1.29, 1.82) is 0 Å². The van der Waals surface area contributed by atoms with Crippen LogP contribution in [0.1, 0.15) is 19.4 Å². The minimum absolute atomic E-state index is 0.361. The number of hydrogen-bond acceptors (Lipinski definition) is 2. The van der Waals surface area contributed by atoms with Gasteiger partial charge in [0.1, 0.15) is 0 Å². The molecule has 0 aliphatic heterocycles. The van der Waals surface area contributed by atoms with Gasteiger partial charge in [-0.3, -0.25) is 0 Å². The fraction of sp³-hybridized carbons (Fsp3) is 0.500. The second-order valence-electron chi connectivity index (χ2n) is 3.94. The van der Waals surface area contributed by atoms with E-state index in [0.29, 0.717) is 19.6 Å². The number of rotatable bonds is 6. The predicted molar refractivity (Wildman–Crippen MR) is 77.4 cm³/mol. The second kappa shape index (κ2) is 6.65. The molecule has 0 aromatic heterocycles. The molecule has 0 N–H and O–H groups in total. The Morgan fingerprint density at radius 3 is 2.22 bits per heavy atom. The highest BCUT2D eigenvalue weighted by atomic mass is 79.9. The van der Waals surface area contributed by atoms with Gasteiger partial charge in [0.05, 0.1) is 0 Å². The lowest BCUT2D eigenvalue weighted by atomic mass is 10.2. The van der Waals surface area contributed by atoms with Crippen molar-refractivity contribution in [3.63, 3.8) is 0 Å². The van der Waals surface area contributed by atoms with E-state index in [4.69, 9.17) is 0 Å². The summed E-state index contributed by atoms with van der Waals surface area (Å²) in [5.41, 5.74) is 0.954. The third-order valence-corrected chi connectivity index (χ3v) is 5.64. The summed E-state index contributed by atoms with van der Waals surface area (Å²) in [5, 5.41) is 0. The van der Waals surface area contributed by atoms with Gasteiger partial charge in [-0.1, -0.05) is 48.0 Å².